The molecule has 0 bridgehead atoms. The summed E-state index contributed by atoms with van der Waals surface area (Å²) in [6.45, 7) is 1.70. The molecule has 2 aliphatic heterocycles. The Morgan fingerprint density at radius 2 is 1.93 bits per heavy atom. The van der Waals surface area contributed by atoms with Crippen LogP contribution in [0.5, 0.6) is 0 Å². The Morgan fingerprint density at radius 1 is 1.17 bits per heavy atom. The Labute approximate surface area is 173 Å². The van der Waals surface area contributed by atoms with E-state index in [1.54, 1.807) is 6.07 Å². The molecule has 1 aromatic carbocycles. The molecule has 0 spiro atoms. The van der Waals surface area contributed by atoms with Crippen molar-refractivity contribution >= 4 is 24.2 Å². The van der Waals surface area contributed by atoms with E-state index < -0.39 is 17.7 Å². The lowest BCUT2D eigenvalue weighted by Gasteiger charge is -2.22. The van der Waals surface area contributed by atoms with Gasteiger partial charge in [-0.2, -0.15) is 13.2 Å². The highest BCUT2D eigenvalue weighted by molar-refractivity contribution is 5.89. The van der Waals surface area contributed by atoms with Crippen molar-refractivity contribution in [1.82, 2.24) is 9.80 Å². The van der Waals surface area contributed by atoms with E-state index in [0.29, 0.717) is 30.5 Å². The molecule has 0 radical (unpaired) electrons. The van der Waals surface area contributed by atoms with Crippen molar-refractivity contribution in [3.63, 3.8) is 0 Å². The van der Waals surface area contributed by atoms with Crippen LogP contribution in [0.3, 0.4) is 0 Å². The second kappa shape index (κ2) is 8.14. The maximum absolute atomic E-state index is 12.9. The number of likely N-dealkylation sites (tertiary alicyclic amines) is 2. The molecule has 3 fully saturated rings. The van der Waals surface area contributed by atoms with Crippen LogP contribution in [0.2, 0.25) is 0 Å². The van der Waals surface area contributed by atoms with Gasteiger partial charge in [-0.3, -0.25) is 9.59 Å². The van der Waals surface area contributed by atoms with Gasteiger partial charge >= 0.3 is 6.18 Å². The van der Waals surface area contributed by atoms with Crippen molar-refractivity contribution in [2.75, 3.05) is 19.6 Å². The second-order valence-electron chi connectivity index (χ2n) is 8.28. The van der Waals surface area contributed by atoms with E-state index >= 15 is 0 Å². The van der Waals surface area contributed by atoms with E-state index in [2.05, 4.69) is 0 Å². The smallest absolute Gasteiger partial charge is 0.342 e. The summed E-state index contributed by atoms with van der Waals surface area (Å²) in [6.07, 6.45) is -2.25. The summed E-state index contributed by atoms with van der Waals surface area (Å²) in [4.78, 5) is 28.5. The lowest BCUT2D eigenvalue weighted by atomic mass is 9.98. The average Bonchev–Trinajstić information content (AvgIpc) is 3.31. The molecule has 1 saturated carbocycles. The fourth-order valence-electron chi connectivity index (χ4n) is 4.90. The molecule has 29 heavy (non-hydrogen) atoms. The van der Waals surface area contributed by atoms with Crippen molar-refractivity contribution in [3.05, 3.63) is 35.4 Å². The van der Waals surface area contributed by atoms with Crippen LogP contribution in [0.4, 0.5) is 13.2 Å². The summed E-state index contributed by atoms with van der Waals surface area (Å²) in [6, 6.07) is 5.13. The van der Waals surface area contributed by atoms with Crippen LogP contribution >= 0.6 is 12.4 Å². The number of alkyl halides is 3. The van der Waals surface area contributed by atoms with Crippen LogP contribution in [-0.2, 0) is 22.3 Å². The molecule has 4 atom stereocenters. The van der Waals surface area contributed by atoms with E-state index in [-0.39, 0.29) is 49.8 Å². The molecule has 9 heteroatoms. The molecule has 2 saturated heterocycles. The van der Waals surface area contributed by atoms with Gasteiger partial charge in [0.2, 0.25) is 11.8 Å². The van der Waals surface area contributed by atoms with Crippen LogP contribution in [0.1, 0.15) is 30.4 Å². The zero-order valence-corrected chi connectivity index (χ0v) is 16.7. The standard InChI is InChI=1S/C20H24F3N3O2.ClH/c21-20(22,23)15-3-1-2-12(6-15)8-25-10-14(7-18(25)27)19(28)26-9-13-4-5-17(24)16(13)11-26;/h1-3,6,13-14,16-17H,4-5,7-11,24H2;1H. The maximum atomic E-state index is 12.9. The minimum absolute atomic E-state index is 0. The minimum Gasteiger partial charge on any atom is -0.342 e. The van der Waals surface area contributed by atoms with Crippen molar-refractivity contribution in [3.8, 4) is 0 Å². The molecule has 4 unspecified atom stereocenters. The SMILES string of the molecule is Cl.NC1CCC2CN(C(=O)C3CC(=O)N(Cc4cccc(C(F)(F)F)c4)C3)CC12. The fourth-order valence-corrected chi connectivity index (χ4v) is 4.90. The van der Waals surface area contributed by atoms with Crippen molar-refractivity contribution in [2.45, 2.75) is 38.0 Å². The van der Waals surface area contributed by atoms with Gasteiger partial charge in [0.05, 0.1) is 11.5 Å². The molecule has 2 heterocycles. The zero-order valence-electron chi connectivity index (χ0n) is 15.9. The highest BCUT2D eigenvalue weighted by Crippen LogP contribution is 2.38. The number of nitrogens with zero attached hydrogens (tertiary/aromatic N) is 2. The van der Waals surface area contributed by atoms with E-state index in [9.17, 15) is 22.8 Å². The average molecular weight is 432 g/mol. The highest BCUT2D eigenvalue weighted by Gasteiger charge is 2.45. The predicted molar refractivity (Wildman–Crippen MR) is 103 cm³/mol. The molecular weight excluding hydrogens is 407 g/mol. The van der Waals surface area contributed by atoms with E-state index in [0.717, 1.165) is 25.0 Å². The van der Waals surface area contributed by atoms with Gasteiger partial charge in [0.25, 0.3) is 0 Å². The van der Waals surface area contributed by atoms with Crippen molar-refractivity contribution in [2.24, 2.45) is 23.5 Å². The van der Waals surface area contributed by atoms with E-state index in [1.165, 1.54) is 11.0 Å². The summed E-state index contributed by atoms with van der Waals surface area (Å²) < 4.78 is 38.7. The lowest BCUT2D eigenvalue weighted by molar-refractivity contribution is -0.137. The lowest BCUT2D eigenvalue weighted by Crippen LogP contribution is -2.38. The Balaban J connectivity index is 0.00000240. The van der Waals surface area contributed by atoms with Gasteiger partial charge in [-0.15, -0.1) is 12.4 Å². The molecule has 5 nitrogen and oxygen atoms in total. The van der Waals surface area contributed by atoms with Crippen molar-refractivity contribution in [1.29, 1.82) is 0 Å². The second-order valence-corrected chi connectivity index (χ2v) is 8.28. The van der Waals surface area contributed by atoms with Gasteiger partial charge < -0.3 is 15.5 Å². The third-order valence-corrected chi connectivity index (χ3v) is 6.42. The van der Waals surface area contributed by atoms with Crippen LogP contribution in [-0.4, -0.2) is 47.3 Å². The fraction of sp³-hybridized carbons (Fsp3) is 0.600. The molecule has 1 aromatic rings. The summed E-state index contributed by atoms with van der Waals surface area (Å²) in [7, 11) is 0. The summed E-state index contributed by atoms with van der Waals surface area (Å²) in [5.74, 6) is 0.168. The topological polar surface area (TPSA) is 66.6 Å². The summed E-state index contributed by atoms with van der Waals surface area (Å²) in [5.41, 5.74) is 5.81. The van der Waals surface area contributed by atoms with Gasteiger partial charge in [-0.1, -0.05) is 12.1 Å². The molecule has 1 aliphatic carbocycles. The first kappa shape index (κ1) is 21.9. The Bertz CT molecular complexity index is 788. The maximum Gasteiger partial charge on any atom is 0.416 e. The third kappa shape index (κ3) is 4.38. The van der Waals surface area contributed by atoms with Crippen LogP contribution in [0.15, 0.2) is 24.3 Å². The van der Waals surface area contributed by atoms with Crippen LogP contribution in [0.25, 0.3) is 0 Å². The van der Waals surface area contributed by atoms with Gasteiger partial charge in [0, 0.05) is 38.6 Å². The minimum atomic E-state index is -4.42. The van der Waals surface area contributed by atoms with Gasteiger partial charge in [0.15, 0.2) is 0 Å². The Kier molecular flexibility index (Phi) is 6.15. The number of carbonyl (C=O) groups is 2. The number of nitrogens with two attached hydrogens (primary N) is 1. The monoisotopic (exact) mass is 431 g/mol. The number of halogens is 4. The number of benzene rings is 1. The first-order valence-electron chi connectivity index (χ1n) is 9.70. The molecule has 0 aromatic heterocycles. The van der Waals surface area contributed by atoms with Crippen LogP contribution < -0.4 is 5.73 Å². The van der Waals surface area contributed by atoms with E-state index in [1.807, 2.05) is 4.90 Å². The van der Waals surface area contributed by atoms with Gasteiger partial charge in [-0.05, 0) is 42.4 Å². The largest absolute Gasteiger partial charge is 0.416 e. The predicted octanol–water partition coefficient (Wildman–Crippen LogP) is 2.67. The van der Waals surface area contributed by atoms with Gasteiger partial charge in [-0.25, -0.2) is 0 Å². The Morgan fingerprint density at radius 3 is 2.62 bits per heavy atom. The number of rotatable bonds is 3. The van der Waals surface area contributed by atoms with Crippen LogP contribution in [0, 0.1) is 17.8 Å². The highest BCUT2D eigenvalue weighted by atomic mass is 35.5. The van der Waals surface area contributed by atoms with Gasteiger partial charge in [0.1, 0.15) is 0 Å². The summed E-state index contributed by atoms with van der Waals surface area (Å²) in [5, 5.41) is 0. The normalized spacial score (nSPS) is 29.2. The molecule has 3 aliphatic rings. The number of hydrogen-bond acceptors (Lipinski definition) is 3. The molecule has 2 amide bonds. The Hall–Kier alpha value is -1.80. The number of hydrogen-bond donors (Lipinski definition) is 1. The molecule has 4 rings (SSSR count). The number of fused-ring (bicyclic) bond motifs is 1. The molecule has 2 N–H and O–H groups in total. The molecular formula is C20H25ClF3N3O2. The zero-order chi connectivity index (χ0) is 20.1. The number of amides is 2. The quantitative estimate of drug-likeness (QED) is 0.800. The summed E-state index contributed by atoms with van der Waals surface area (Å²) >= 11 is 0. The third-order valence-electron chi connectivity index (χ3n) is 6.42. The van der Waals surface area contributed by atoms with Crippen molar-refractivity contribution < 1.29 is 22.8 Å². The first-order valence-corrected chi connectivity index (χ1v) is 9.70. The molecule has 160 valence electrons. The van der Waals surface area contributed by atoms with E-state index in [4.69, 9.17) is 5.73 Å². The number of carbonyl (C=O) groups excluding carboxylic acids is 2. The first-order chi connectivity index (χ1) is 13.2.